The number of carbonyl (C=O) groups is 1. The van der Waals surface area contributed by atoms with Gasteiger partial charge in [-0.3, -0.25) is 4.79 Å². The van der Waals surface area contributed by atoms with E-state index < -0.39 is 0 Å². The molecule has 1 amide bonds. The molecule has 1 aromatic heterocycles. The van der Waals surface area contributed by atoms with Crippen molar-refractivity contribution in [1.82, 2.24) is 20.3 Å². The number of carbonyl (C=O) groups excluding carboxylic acids is 1. The van der Waals surface area contributed by atoms with Gasteiger partial charge in [0.2, 0.25) is 0 Å². The number of aliphatic hydroxyl groups is 1. The lowest BCUT2D eigenvalue weighted by Crippen LogP contribution is -2.27. The molecule has 0 unspecified atom stereocenters. The molecule has 0 saturated heterocycles. The molecule has 2 N–H and O–H groups in total. The first kappa shape index (κ1) is 17.1. The van der Waals surface area contributed by atoms with Crippen LogP contribution in [-0.4, -0.2) is 32.6 Å². The fourth-order valence-corrected chi connectivity index (χ4v) is 2.60. The monoisotopic (exact) mass is 356 g/mol. The average molecular weight is 357 g/mol. The molecule has 0 spiro atoms. The van der Waals surface area contributed by atoms with Gasteiger partial charge in [-0.05, 0) is 24.1 Å². The molecule has 0 saturated carbocycles. The number of hydrogen-bond acceptors (Lipinski definition) is 4. The zero-order valence-corrected chi connectivity index (χ0v) is 14.1. The number of aromatic nitrogens is 3. The number of halogens is 1. The molecule has 6 nitrogen and oxygen atoms in total. The maximum Gasteiger partial charge on any atom is 0.273 e. The molecule has 0 aliphatic rings. The Morgan fingerprint density at radius 3 is 2.52 bits per heavy atom. The van der Waals surface area contributed by atoms with E-state index in [1.807, 2.05) is 30.3 Å². The van der Waals surface area contributed by atoms with Crippen LogP contribution in [0.25, 0.3) is 5.69 Å². The molecular weight excluding hydrogens is 340 g/mol. The van der Waals surface area contributed by atoms with Crippen molar-refractivity contribution in [2.45, 2.75) is 13.0 Å². The van der Waals surface area contributed by atoms with Crippen LogP contribution in [0, 0.1) is 0 Å². The van der Waals surface area contributed by atoms with Crippen LogP contribution in [-0.2, 0) is 13.0 Å². The number of para-hydroxylation sites is 1. The number of aliphatic hydroxyl groups excluding tert-OH is 1. The molecule has 3 aromatic rings. The minimum absolute atomic E-state index is 0.0930. The zero-order valence-electron chi connectivity index (χ0n) is 13.4. The second kappa shape index (κ2) is 7.92. The van der Waals surface area contributed by atoms with Crippen LogP contribution in [0.3, 0.4) is 0 Å². The molecule has 0 atom stereocenters. The highest BCUT2D eigenvalue weighted by Gasteiger charge is 2.19. The van der Waals surface area contributed by atoms with Crippen LogP contribution in [0.1, 0.15) is 21.7 Å². The summed E-state index contributed by atoms with van der Waals surface area (Å²) in [5.41, 5.74) is 1.97. The van der Waals surface area contributed by atoms with E-state index in [2.05, 4.69) is 15.5 Å². The quantitative estimate of drug-likeness (QED) is 0.710. The van der Waals surface area contributed by atoms with Crippen molar-refractivity contribution in [3.05, 3.63) is 76.6 Å². The summed E-state index contributed by atoms with van der Waals surface area (Å²) in [6.07, 6.45) is 0.708. The summed E-state index contributed by atoms with van der Waals surface area (Å²) >= 11 is 6.13. The van der Waals surface area contributed by atoms with Crippen LogP contribution < -0.4 is 5.32 Å². The summed E-state index contributed by atoms with van der Waals surface area (Å²) in [4.78, 5) is 13.6. The van der Waals surface area contributed by atoms with Crippen molar-refractivity contribution < 1.29 is 9.90 Å². The molecule has 25 heavy (non-hydrogen) atoms. The van der Waals surface area contributed by atoms with Gasteiger partial charge < -0.3 is 10.4 Å². The normalized spacial score (nSPS) is 10.6. The fraction of sp³-hybridized carbons (Fsp3) is 0.167. The molecule has 0 bridgehead atoms. The second-order valence-corrected chi connectivity index (χ2v) is 5.79. The number of nitrogens with zero attached hydrogens (tertiary/aromatic N) is 3. The SMILES string of the molecule is O=C(NCCc1ccccc1)c1nn(-c2ccccc2Cl)nc1CO. The summed E-state index contributed by atoms with van der Waals surface area (Å²) in [7, 11) is 0. The smallest absolute Gasteiger partial charge is 0.273 e. The Morgan fingerprint density at radius 1 is 1.08 bits per heavy atom. The van der Waals surface area contributed by atoms with E-state index in [9.17, 15) is 9.90 Å². The van der Waals surface area contributed by atoms with Crippen molar-refractivity contribution in [3.8, 4) is 5.69 Å². The van der Waals surface area contributed by atoms with Gasteiger partial charge in [0.1, 0.15) is 11.4 Å². The van der Waals surface area contributed by atoms with Crippen molar-refractivity contribution in [2.75, 3.05) is 6.54 Å². The van der Waals surface area contributed by atoms with Crippen molar-refractivity contribution in [1.29, 1.82) is 0 Å². The lowest BCUT2D eigenvalue weighted by atomic mass is 10.1. The summed E-state index contributed by atoms with van der Waals surface area (Å²) in [6, 6.07) is 16.9. The molecule has 0 radical (unpaired) electrons. The van der Waals surface area contributed by atoms with Crippen LogP contribution >= 0.6 is 11.6 Å². The topological polar surface area (TPSA) is 80.0 Å². The van der Waals surface area contributed by atoms with Gasteiger partial charge in [-0.1, -0.05) is 54.1 Å². The Balaban J connectivity index is 1.73. The highest BCUT2D eigenvalue weighted by Crippen LogP contribution is 2.19. The first-order valence-corrected chi connectivity index (χ1v) is 8.21. The predicted molar refractivity (Wildman–Crippen MR) is 94.8 cm³/mol. The van der Waals surface area contributed by atoms with Crippen LogP contribution in [0.4, 0.5) is 0 Å². The van der Waals surface area contributed by atoms with Crippen molar-refractivity contribution in [2.24, 2.45) is 0 Å². The second-order valence-electron chi connectivity index (χ2n) is 5.39. The summed E-state index contributed by atoms with van der Waals surface area (Å²) in [5.74, 6) is -0.377. The van der Waals surface area contributed by atoms with E-state index in [-0.39, 0.29) is 23.9 Å². The Kier molecular flexibility index (Phi) is 5.42. The number of amides is 1. The third-order valence-electron chi connectivity index (χ3n) is 3.66. The van der Waals surface area contributed by atoms with Crippen LogP contribution in [0.2, 0.25) is 5.02 Å². The van der Waals surface area contributed by atoms with Gasteiger partial charge in [-0.2, -0.15) is 0 Å². The molecule has 0 aliphatic carbocycles. The Morgan fingerprint density at radius 2 is 1.80 bits per heavy atom. The van der Waals surface area contributed by atoms with Gasteiger partial charge in [0, 0.05) is 6.54 Å². The Labute approximate surface area is 150 Å². The fourth-order valence-electron chi connectivity index (χ4n) is 2.39. The molecule has 1 heterocycles. The number of hydrogen-bond donors (Lipinski definition) is 2. The molecule has 7 heteroatoms. The third kappa shape index (κ3) is 4.04. The molecule has 128 valence electrons. The number of benzene rings is 2. The average Bonchev–Trinajstić information content (AvgIpc) is 3.07. The van der Waals surface area contributed by atoms with Gasteiger partial charge >= 0.3 is 0 Å². The van der Waals surface area contributed by atoms with Gasteiger partial charge in [0.05, 0.1) is 11.6 Å². The Bertz CT molecular complexity index is 865. The third-order valence-corrected chi connectivity index (χ3v) is 3.98. The van der Waals surface area contributed by atoms with Crippen LogP contribution in [0.5, 0.6) is 0 Å². The van der Waals surface area contributed by atoms with E-state index >= 15 is 0 Å². The molecule has 2 aromatic carbocycles. The lowest BCUT2D eigenvalue weighted by molar-refractivity contribution is 0.0945. The molecule has 0 fully saturated rings. The van der Waals surface area contributed by atoms with Gasteiger partial charge in [-0.25, -0.2) is 0 Å². The number of rotatable bonds is 6. The summed E-state index contributed by atoms with van der Waals surface area (Å²) < 4.78 is 0. The van der Waals surface area contributed by atoms with Crippen molar-refractivity contribution >= 4 is 17.5 Å². The predicted octanol–water partition coefficient (Wildman–Crippen LogP) is 2.39. The van der Waals surface area contributed by atoms with Crippen molar-refractivity contribution in [3.63, 3.8) is 0 Å². The minimum atomic E-state index is -0.383. The van der Waals surface area contributed by atoms with E-state index in [0.717, 1.165) is 5.56 Å². The largest absolute Gasteiger partial charge is 0.390 e. The molecular formula is C18H17ClN4O2. The molecule has 0 aliphatic heterocycles. The zero-order chi connectivity index (χ0) is 17.6. The van der Waals surface area contributed by atoms with E-state index in [0.29, 0.717) is 23.7 Å². The van der Waals surface area contributed by atoms with Crippen LogP contribution in [0.15, 0.2) is 54.6 Å². The minimum Gasteiger partial charge on any atom is -0.390 e. The van der Waals surface area contributed by atoms with Gasteiger partial charge in [0.15, 0.2) is 5.69 Å². The Hall–Kier alpha value is -2.70. The highest BCUT2D eigenvalue weighted by atomic mass is 35.5. The first-order chi connectivity index (χ1) is 12.2. The molecule has 3 rings (SSSR count). The van der Waals surface area contributed by atoms with E-state index in [4.69, 9.17) is 11.6 Å². The van der Waals surface area contributed by atoms with Gasteiger partial charge in [-0.15, -0.1) is 15.0 Å². The number of nitrogens with one attached hydrogen (secondary N) is 1. The highest BCUT2D eigenvalue weighted by molar-refractivity contribution is 6.32. The first-order valence-electron chi connectivity index (χ1n) is 7.83. The maximum absolute atomic E-state index is 12.4. The standard InChI is InChI=1S/C18H17ClN4O2/c19-14-8-4-5-9-16(14)23-21-15(12-24)17(22-23)18(25)20-11-10-13-6-2-1-3-7-13/h1-9,24H,10-12H2,(H,20,25). The summed E-state index contributed by atoms with van der Waals surface area (Å²) in [6.45, 7) is 0.0819. The summed E-state index contributed by atoms with van der Waals surface area (Å²) in [5, 5.41) is 21.1. The maximum atomic E-state index is 12.4. The van der Waals surface area contributed by atoms with Gasteiger partial charge in [0.25, 0.3) is 5.91 Å². The lowest BCUT2D eigenvalue weighted by Gasteiger charge is -2.04. The van der Waals surface area contributed by atoms with E-state index in [1.54, 1.807) is 24.3 Å². The van der Waals surface area contributed by atoms with E-state index in [1.165, 1.54) is 4.80 Å².